The molecule has 2 heterocycles. The lowest BCUT2D eigenvalue weighted by atomic mass is 10.1. The van der Waals surface area contributed by atoms with E-state index in [2.05, 4.69) is 5.32 Å². The fourth-order valence-electron chi connectivity index (χ4n) is 3.42. The lowest BCUT2D eigenvalue weighted by Crippen LogP contribution is -2.56. The highest BCUT2D eigenvalue weighted by Gasteiger charge is 2.33. The smallest absolute Gasteiger partial charge is 0.237 e. The van der Waals surface area contributed by atoms with Crippen LogP contribution in [0.3, 0.4) is 0 Å². The highest BCUT2D eigenvalue weighted by Crippen LogP contribution is 2.18. The zero-order valence-corrected chi connectivity index (χ0v) is 16.2. The van der Waals surface area contributed by atoms with E-state index < -0.39 is 6.04 Å². The first-order chi connectivity index (χ1) is 13.4. The summed E-state index contributed by atoms with van der Waals surface area (Å²) in [6, 6.07) is 7.43. The minimum atomic E-state index is -0.523. The number of hydrogen-bond acceptors (Lipinski definition) is 4. The first-order valence-electron chi connectivity index (χ1n) is 9.51. The second kappa shape index (κ2) is 9.01. The van der Waals surface area contributed by atoms with Crippen molar-refractivity contribution in [1.82, 2.24) is 15.1 Å². The van der Waals surface area contributed by atoms with Gasteiger partial charge in [-0.05, 0) is 37.6 Å². The van der Waals surface area contributed by atoms with Gasteiger partial charge in [0, 0.05) is 37.8 Å². The fourth-order valence-corrected chi connectivity index (χ4v) is 3.42. The van der Waals surface area contributed by atoms with Gasteiger partial charge in [-0.3, -0.25) is 14.5 Å². The number of piperazine rings is 1. The average molecular weight is 387 g/mol. The van der Waals surface area contributed by atoms with E-state index in [1.165, 1.54) is 12.1 Å². The van der Waals surface area contributed by atoms with Gasteiger partial charge >= 0.3 is 0 Å². The fraction of sp³-hybridized carbons (Fsp3) is 0.429. The number of halogens is 1. The van der Waals surface area contributed by atoms with Crippen LogP contribution in [0.5, 0.6) is 0 Å². The third-order valence-electron chi connectivity index (χ3n) is 4.99. The monoisotopic (exact) mass is 387 g/mol. The van der Waals surface area contributed by atoms with E-state index in [9.17, 15) is 14.0 Å². The quantitative estimate of drug-likeness (QED) is 0.793. The molecule has 7 heteroatoms. The Bertz CT molecular complexity index is 790. The standard InChI is InChI=1S/C21H26FN3O3/c1-15(2)25(13-16-3-5-18(22)6-4-16)20(26)11-19-21(27)23-8-9-24(19)12-17-7-10-28-14-17/h3-7,10,14-15,19H,8-9,11-13H2,1-2H3,(H,23,27)/t19-/m1/s1. The van der Waals surface area contributed by atoms with Crippen LogP contribution in [0.4, 0.5) is 4.39 Å². The summed E-state index contributed by atoms with van der Waals surface area (Å²) in [4.78, 5) is 29.3. The lowest BCUT2D eigenvalue weighted by Gasteiger charge is -2.36. The van der Waals surface area contributed by atoms with Crippen molar-refractivity contribution in [2.75, 3.05) is 13.1 Å². The minimum absolute atomic E-state index is 0.0356. The van der Waals surface area contributed by atoms with Gasteiger partial charge in [0.25, 0.3) is 0 Å². The Morgan fingerprint density at radius 3 is 2.68 bits per heavy atom. The number of carbonyl (C=O) groups excluding carboxylic acids is 2. The van der Waals surface area contributed by atoms with Crippen LogP contribution in [0.1, 0.15) is 31.4 Å². The molecule has 1 aromatic carbocycles. The normalized spacial score (nSPS) is 17.6. The third-order valence-corrected chi connectivity index (χ3v) is 4.99. The molecule has 1 aliphatic rings. The maximum absolute atomic E-state index is 13.2. The van der Waals surface area contributed by atoms with Gasteiger partial charge in [0.05, 0.1) is 25.0 Å². The van der Waals surface area contributed by atoms with Crippen LogP contribution in [0, 0.1) is 5.82 Å². The molecular weight excluding hydrogens is 361 g/mol. The SMILES string of the molecule is CC(C)N(Cc1ccc(F)cc1)C(=O)C[C@@H]1C(=O)NCCN1Cc1ccoc1. The predicted octanol–water partition coefficient (Wildman–Crippen LogP) is 2.55. The zero-order valence-electron chi connectivity index (χ0n) is 16.2. The van der Waals surface area contributed by atoms with E-state index in [4.69, 9.17) is 4.42 Å². The van der Waals surface area contributed by atoms with Gasteiger partial charge in [-0.15, -0.1) is 0 Å². The van der Waals surface area contributed by atoms with E-state index in [1.54, 1.807) is 29.6 Å². The van der Waals surface area contributed by atoms with Crippen molar-refractivity contribution in [3.63, 3.8) is 0 Å². The van der Waals surface area contributed by atoms with Crippen molar-refractivity contribution in [3.05, 3.63) is 59.8 Å². The van der Waals surface area contributed by atoms with Crippen LogP contribution in [0.25, 0.3) is 0 Å². The Labute approximate surface area is 164 Å². The maximum Gasteiger partial charge on any atom is 0.237 e. The number of rotatable bonds is 7. The molecular formula is C21H26FN3O3. The lowest BCUT2D eigenvalue weighted by molar-refractivity contribution is -0.140. The topological polar surface area (TPSA) is 65.8 Å². The number of amides is 2. The molecule has 2 aromatic rings. The van der Waals surface area contributed by atoms with Crippen LogP contribution >= 0.6 is 0 Å². The van der Waals surface area contributed by atoms with Gasteiger partial charge in [0.1, 0.15) is 5.82 Å². The summed E-state index contributed by atoms with van der Waals surface area (Å²) < 4.78 is 18.3. The molecule has 2 amide bonds. The van der Waals surface area contributed by atoms with Crippen molar-refractivity contribution in [1.29, 1.82) is 0 Å². The highest BCUT2D eigenvalue weighted by atomic mass is 19.1. The maximum atomic E-state index is 13.2. The van der Waals surface area contributed by atoms with Gasteiger partial charge < -0.3 is 14.6 Å². The Morgan fingerprint density at radius 2 is 2.04 bits per heavy atom. The molecule has 1 atom stereocenters. The van der Waals surface area contributed by atoms with Gasteiger partial charge in [0.2, 0.25) is 11.8 Å². The van der Waals surface area contributed by atoms with E-state index in [-0.39, 0.29) is 30.1 Å². The van der Waals surface area contributed by atoms with E-state index in [0.717, 1.165) is 11.1 Å². The van der Waals surface area contributed by atoms with Gasteiger partial charge in [-0.2, -0.15) is 0 Å². The van der Waals surface area contributed by atoms with E-state index >= 15 is 0 Å². The second-order valence-electron chi connectivity index (χ2n) is 7.35. The molecule has 0 bridgehead atoms. The predicted molar refractivity (Wildman–Crippen MR) is 103 cm³/mol. The van der Waals surface area contributed by atoms with Crippen LogP contribution in [0.2, 0.25) is 0 Å². The Balaban J connectivity index is 1.70. The molecule has 6 nitrogen and oxygen atoms in total. The van der Waals surface area contributed by atoms with Crippen LogP contribution in [-0.4, -0.2) is 46.8 Å². The number of furan rings is 1. The zero-order chi connectivity index (χ0) is 20.1. The summed E-state index contributed by atoms with van der Waals surface area (Å²) in [6.07, 6.45) is 3.35. The van der Waals surface area contributed by atoms with Crippen molar-refractivity contribution in [3.8, 4) is 0 Å². The molecule has 1 N–H and O–H groups in total. The Hall–Kier alpha value is -2.67. The van der Waals surface area contributed by atoms with Gasteiger partial charge in [-0.1, -0.05) is 12.1 Å². The van der Waals surface area contributed by atoms with Crippen molar-refractivity contribution < 1.29 is 18.4 Å². The van der Waals surface area contributed by atoms with Crippen molar-refractivity contribution in [2.45, 2.75) is 45.4 Å². The number of carbonyl (C=O) groups is 2. The largest absolute Gasteiger partial charge is 0.472 e. The number of hydrogen-bond donors (Lipinski definition) is 1. The van der Waals surface area contributed by atoms with Crippen molar-refractivity contribution in [2.24, 2.45) is 0 Å². The molecule has 1 aromatic heterocycles. The third kappa shape index (κ3) is 4.98. The van der Waals surface area contributed by atoms with Crippen LogP contribution in [0.15, 0.2) is 47.3 Å². The highest BCUT2D eigenvalue weighted by molar-refractivity contribution is 5.89. The molecule has 3 rings (SSSR count). The summed E-state index contributed by atoms with van der Waals surface area (Å²) >= 11 is 0. The molecule has 0 aliphatic carbocycles. The molecule has 1 fully saturated rings. The minimum Gasteiger partial charge on any atom is -0.472 e. The molecule has 0 radical (unpaired) electrons. The number of benzene rings is 1. The van der Waals surface area contributed by atoms with Crippen LogP contribution in [-0.2, 0) is 22.7 Å². The van der Waals surface area contributed by atoms with E-state index in [1.807, 2.05) is 24.8 Å². The molecule has 28 heavy (non-hydrogen) atoms. The number of nitrogens with one attached hydrogen (secondary N) is 1. The molecule has 0 saturated carbocycles. The van der Waals surface area contributed by atoms with Gasteiger partial charge in [-0.25, -0.2) is 4.39 Å². The first kappa shape index (κ1) is 20.1. The summed E-state index contributed by atoms with van der Waals surface area (Å²) in [6.45, 7) is 6.05. The molecule has 1 aliphatic heterocycles. The second-order valence-corrected chi connectivity index (χ2v) is 7.35. The van der Waals surface area contributed by atoms with E-state index in [0.29, 0.717) is 26.2 Å². The summed E-state index contributed by atoms with van der Waals surface area (Å²) in [5.41, 5.74) is 1.82. The van der Waals surface area contributed by atoms with Crippen LogP contribution < -0.4 is 5.32 Å². The van der Waals surface area contributed by atoms with Crippen molar-refractivity contribution >= 4 is 11.8 Å². The molecule has 150 valence electrons. The first-order valence-corrected chi connectivity index (χ1v) is 9.51. The number of nitrogens with zero attached hydrogens (tertiary/aromatic N) is 2. The Morgan fingerprint density at radius 1 is 1.29 bits per heavy atom. The molecule has 0 spiro atoms. The summed E-state index contributed by atoms with van der Waals surface area (Å²) in [5, 5.41) is 2.85. The molecule has 1 saturated heterocycles. The Kier molecular flexibility index (Phi) is 6.46. The average Bonchev–Trinajstić information content (AvgIpc) is 3.16. The molecule has 0 unspecified atom stereocenters. The summed E-state index contributed by atoms with van der Waals surface area (Å²) in [5.74, 6) is -0.535. The summed E-state index contributed by atoms with van der Waals surface area (Å²) in [7, 11) is 0. The van der Waals surface area contributed by atoms with Gasteiger partial charge in [0.15, 0.2) is 0 Å².